The lowest BCUT2D eigenvalue weighted by Crippen LogP contribution is -2.27. The van der Waals surface area contributed by atoms with Gasteiger partial charge in [-0.25, -0.2) is 4.79 Å². The fourth-order valence-corrected chi connectivity index (χ4v) is 1.98. The highest BCUT2D eigenvalue weighted by atomic mass is 16.4. The molecule has 0 bridgehead atoms. The minimum absolute atomic E-state index is 0.0814. The lowest BCUT2D eigenvalue weighted by atomic mass is 10.2. The monoisotopic (exact) mass is 329 g/mol. The molecule has 24 heavy (non-hydrogen) atoms. The van der Waals surface area contributed by atoms with Crippen molar-refractivity contribution in [2.75, 3.05) is 10.6 Å². The van der Waals surface area contributed by atoms with Crippen LogP contribution in [0, 0.1) is 0 Å². The number of hydrogen-bond donors (Lipinski definition) is 3. The molecule has 0 radical (unpaired) electrons. The van der Waals surface area contributed by atoms with Gasteiger partial charge in [-0.2, -0.15) is 0 Å². The van der Waals surface area contributed by atoms with Crippen molar-refractivity contribution in [2.24, 2.45) is 0 Å². The molecule has 0 spiro atoms. The van der Waals surface area contributed by atoms with Gasteiger partial charge in [-0.3, -0.25) is 14.4 Å². The summed E-state index contributed by atoms with van der Waals surface area (Å²) in [4.78, 5) is 45.5. The van der Waals surface area contributed by atoms with E-state index in [1.165, 1.54) is 13.0 Å². The second-order valence-corrected chi connectivity index (χ2v) is 5.00. The summed E-state index contributed by atoms with van der Waals surface area (Å²) >= 11 is 0. The van der Waals surface area contributed by atoms with Gasteiger partial charge in [-0.05, 0) is 30.3 Å². The Bertz CT molecular complexity index is 840. The molecular weight excluding hydrogens is 314 g/mol. The maximum atomic E-state index is 12.0. The number of amides is 2. The summed E-state index contributed by atoms with van der Waals surface area (Å²) in [6, 6.07) is 8.71. The summed E-state index contributed by atoms with van der Waals surface area (Å²) in [5.41, 5.74) is 0.514. The van der Waals surface area contributed by atoms with Gasteiger partial charge in [0, 0.05) is 30.6 Å². The molecule has 124 valence electrons. The Labute approximate surface area is 136 Å². The molecule has 3 N–H and O–H groups in total. The van der Waals surface area contributed by atoms with Crippen LogP contribution in [0.1, 0.15) is 17.3 Å². The summed E-state index contributed by atoms with van der Waals surface area (Å²) in [6.07, 6.45) is 1.12. The largest absolute Gasteiger partial charge is 0.478 e. The van der Waals surface area contributed by atoms with Gasteiger partial charge in [0.05, 0.1) is 5.56 Å². The molecule has 1 aromatic carbocycles. The van der Waals surface area contributed by atoms with Gasteiger partial charge in [0.2, 0.25) is 11.8 Å². The molecule has 0 aliphatic carbocycles. The zero-order chi connectivity index (χ0) is 17.7. The first-order valence-electron chi connectivity index (χ1n) is 6.96. The Hall–Kier alpha value is -3.42. The standard InChI is InChI=1S/C16H15N3O5/c1-10(20)17-12-3-5-13(6-4-12)18-14(21)9-19-8-11(16(23)24)2-7-15(19)22/h2-8H,9H2,1H3,(H,17,20)(H,18,21)(H,23,24). The van der Waals surface area contributed by atoms with Crippen molar-refractivity contribution in [3.8, 4) is 0 Å². The molecule has 1 heterocycles. The van der Waals surface area contributed by atoms with Gasteiger partial charge < -0.3 is 20.3 Å². The molecule has 2 rings (SSSR count). The van der Waals surface area contributed by atoms with Gasteiger partial charge >= 0.3 is 5.97 Å². The maximum Gasteiger partial charge on any atom is 0.337 e. The van der Waals surface area contributed by atoms with Crippen LogP contribution in [0.25, 0.3) is 0 Å². The number of pyridine rings is 1. The van der Waals surface area contributed by atoms with E-state index in [9.17, 15) is 19.2 Å². The number of carbonyl (C=O) groups is 3. The van der Waals surface area contributed by atoms with Crippen LogP contribution >= 0.6 is 0 Å². The van der Waals surface area contributed by atoms with E-state index in [2.05, 4.69) is 10.6 Å². The number of hydrogen-bond acceptors (Lipinski definition) is 4. The van der Waals surface area contributed by atoms with E-state index < -0.39 is 17.4 Å². The number of rotatable bonds is 5. The predicted octanol–water partition coefficient (Wildman–Crippen LogP) is 1.14. The van der Waals surface area contributed by atoms with Crippen molar-refractivity contribution in [1.82, 2.24) is 4.57 Å². The van der Waals surface area contributed by atoms with Gasteiger partial charge in [0.25, 0.3) is 5.56 Å². The lowest BCUT2D eigenvalue weighted by Gasteiger charge is -2.09. The lowest BCUT2D eigenvalue weighted by molar-refractivity contribution is -0.117. The van der Waals surface area contributed by atoms with Crippen LogP contribution in [0.5, 0.6) is 0 Å². The zero-order valence-corrected chi connectivity index (χ0v) is 12.8. The van der Waals surface area contributed by atoms with E-state index in [1.807, 2.05) is 0 Å². The van der Waals surface area contributed by atoms with Crippen molar-refractivity contribution in [3.63, 3.8) is 0 Å². The maximum absolute atomic E-state index is 12.0. The molecular formula is C16H15N3O5. The van der Waals surface area contributed by atoms with Gasteiger partial charge in [-0.15, -0.1) is 0 Å². The molecule has 0 fully saturated rings. The van der Waals surface area contributed by atoms with Gasteiger partial charge in [0.1, 0.15) is 6.54 Å². The van der Waals surface area contributed by atoms with Crippen LogP contribution in [0.2, 0.25) is 0 Å². The van der Waals surface area contributed by atoms with Gasteiger partial charge in [0.15, 0.2) is 0 Å². The van der Waals surface area contributed by atoms with Crippen LogP contribution in [-0.2, 0) is 16.1 Å². The Morgan fingerprint density at radius 3 is 2.12 bits per heavy atom. The fourth-order valence-electron chi connectivity index (χ4n) is 1.98. The first kappa shape index (κ1) is 16.9. The van der Waals surface area contributed by atoms with Crippen LogP contribution in [0.4, 0.5) is 11.4 Å². The summed E-state index contributed by atoms with van der Waals surface area (Å²) in [6.45, 7) is 1.08. The predicted molar refractivity (Wildman–Crippen MR) is 87.0 cm³/mol. The average molecular weight is 329 g/mol. The first-order valence-corrected chi connectivity index (χ1v) is 6.96. The van der Waals surface area contributed by atoms with Crippen molar-refractivity contribution in [2.45, 2.75) is 13.5 Å². The number of anilines is 2. The number of carboxylic acid groups (broad SMARTS) is 1. The molecule has 0 saturated carbocycles. The highest BCUT2D eigenvalue weighted by Gasteiger charge is 2.09. The molecule has 0 atom stereocenters. The minimum Gasteiger partial charge on any atom is -0.478 e. The molecule has 2 aromatic rings. The van der Waals surface area contributed by atoms with Crippen molar-refractivity contribution in [3.05, 3.63) is 58.5 Å². The van der Waals surface area contributed by atoms with Crippen molar-refractivity contribution >= 4 is 29.2 Å². The zero-order valence-electron chi connectivity index (χ0n) is 12.8. The normalized spacial score (nSPS) is 10.0. The smallest absolute Gasteiger partial charge is 0.337 e. The summed E-state index contributed by atoms with van der Waals surface area (Å²) < 4.78 is 1.02. The van der Waals surface area contributed by atoms with E-state index in [0.29, 0.717) is 11.4 Å². The third kappa shape index (κ3) is 4.54. The molecule has 8 nitrogen and oxygen atoms in total. The highest BCUT2D eigenvalue weighted by Crippen LogP contribution is 2.13. The Balaban J connectivity index is 2.05. The second kappa shape index (κ2) is 7.23. The Morgan fingerprint density at radius 2 is 1.58 bits per heavy atom. The number of nitrogens with one attached hydrogen (secondary N) is 2. The average Bonchev–Trinajstić information content (AvgIpc) is 2.50. The third-order valence-electron chi connectivity index (χ3n) is 3.03. The molecule has 0 unspecified atom stereocenters. The van der Waals surface area contributed by atoms with E-state index in [4.69, 9.17) is 5.11 Å². The summed E-state index contributed by atoms with van der Waals surface area (Å²) in [7, 11) is 0. The highest BCUT2D eigenvalue weighted by molar-refractivity contribution is 5.92. The first-order chi connectivity index (χ1) is 11.3. The number of nitrogens with zero attached hydrogens (tertiary/aromatic N) is 1. The number of aromatic nitrogens is 1. The van der Waals surface area contributed by atoms with Crippen molar-refractivity contribution in [1.29, 1.82) is 0 Å². The topological polar surface area (TPSA) is 118 Å². The number of carboxylic acids is 1. The molecule has 0 aliphatic rings. The SMILES string of the molecule is CC(=O)Nc1ccc(NC(=O)Cn2cc(C(=O)O)ccc2=O)cc1. The van der Waals surface area contributed by atoms with E-state index in [1.54, 1.807) is 24.3 Å². The Kier molecular flexibility index (Phi) is 5.10. The third-order valence-corrected chi connectivity index (χ3v) is 3.03. The van der Waals surface area contributed by atoms with Crippen LogP contribution in [0.3, 0.4) is 0 Å². The van der Waals surface area contributed by atoms with E-state index >= 15 is 0 Å². The second-order valence-electron chi connectivity index (χ2n) is 5.00. The molecule has 8 heteroatoms. The summed E-state index contributed by atoms with van der Waals surface area (Å²) in [5, 5.41) is 14.1. The quantitative estimate of drug-likeness (QED) is 0.760. The van der Waals surface area contributed by atoms with Crippen LogP contribution < -0.4 is 16.2 Å². The molecule has 1 aromatic heterocycles. The molecule has 2 amide bonds. The Morgan fingerprint density at radius 1 is 1.00 bits per heavy atom. The number of aromatic carboxylic acids is 1. The molecule has 0 saturated heterocycles. The van der Waals surface area contributed by atoms with E-state index in [0.717, 1.165) is 16.8 Å². The number of benzene rings is 1. The van der Waals surface area contributed by atoms with Crippen LogP contribution in [0.15, 0.2) is 47.4 Å². The number of carbonyl (C=O) groups excluding carboxylic acids is 2. The molecule has 0 aliphatic heterocycles. The van der Waals surface area contributed by atoms with Gasteiger partial charge in [-0.1, -0.05) is 0 Å². The summed E-state index contributed by atoms with van der Waals surface area (Å²) in [5.74, 6) is -1.87. The van der Waals surface area contributed by atoms with Crippen molar-refractivity contribution < 1.29 is 19.5 Å². The minimum atomic E-state index is -1.18. The fraction of sp³-hybridized carbons (Fsp3) is 0.125. The van der Waals surface area contributed by atoms with E-state index in [-0.39, 0.29) is 18.0 Å². The van der Waals surface area contributed by atoms with Crippen LogP contribution in [-0.4, -0.2) is 27.5 Å².